The lowest BCUT2D eigenvalue weighted by molar-refractivity contribution is -0.128. The van der Waals surface area contributed by atoms with Crippen LogP contribution in [0, 0.1) is 0 Å². The fraction of sp³-hybridized carbons (Fsp3) is 0.923. The number of likely N-dealkylation sites (tertiary alicyclic amines) is 1. The molecule has 0 aromatic rings. The predicted molar refractivity (Wildman–Crippen MR) is 68.7 cm³/mol. The summed E-state index contributed by atoms with van der Waals surface area (Å²) in [6, 6.07) is 0.586. The lowest BCUT2D eigenvalue weighted by Gasteiger charge is -2.31. The molecule has 0 radical (unpaired) electrons. The van der Waals surface area contributed by atoms with E-state index in [0.29, 0.717) is 12.6 Å². The molecular formula is C13H25N3O. The number of carbonyl (C=O) groups excluding carboxylic acids is 1. The summed E-state index contributed by atoms with van der Waals surface area (Å²) in [6.07, 6.45) is 5.02. The maximum Gasteiger partial charge on any atom is 0.237 e. The number of rotatable bonds is 5. The van der Waals surface area contributed by atoms with E-state index in [9.17, 15) is 4.79 Å². The Hall–Kier alpha value is -0.610. The molecule has 2 rings (SSSR count). The number of likely N-dealkylation sites (N-methyl/N-ethyl adjacent to an activating group) is 1. The first-order valence-electron chi connectivity index (χ1n) is 7.03. The molecule has 2 fully saturated rings. The van der Waals surface area contributed by atoms with Crippen molar-refractivity contribution in [3.63, 3.8) is 0 Å². The van der Waals surface area contributed by atoms with Crippen LogP contribution in [-0.4, -0.2) is 54.1 Å². The average Bonchev–Trinajstić information content (AvgIpc) is 2.90. The fourth-order valence-electron chi connectivity index (χ4n) is 3.10. The normalized spacial score (nSPS) is 30.5. The monoisotopic (exact) mass is 239 g/mol. The summed E-state index contributed by atoms with van der Waals surface area (Å²) in [7, 11) is 0. The Balaban J connectivity index is 1.93. The molecular weight excluding hydrogens is 214 g/mol. The Morgan fingerprint density at radius 1 is 1.41 bits per heavy atom. The molecule has 0 aromatic heterocycles. The predicted octanol–water partition coefficient (Wildman–Crippen LogP) is 1.03. The number of hydrogen-bond donors (Lipinski definition) is 1. The van der Waals surface area contributed by atoms with Gasteiger partial charge < -0.3 is 4.90 Å². The smallest absolute Gasteiger partial charge is 0.237 e. The lowest BCUT2D eigenvalue weighted by atomic mass is 10.2. The summed E-state index contributed by atoms with van der Waals surface area (Å²) < 4.78 is 0. The highest BCUT2D eigenvalue weighted by Crippen LogP contribution is 2.20. The topological polar surface area (TPSA) is 35.6 Å². The molecule has 2 unspecified atom stereocenters. The molecule has 0 saturated carbocycles. The summed E-state index contributed by atoms with van der Waals surface area (Å²) in [6.45, 7) is 8.16. The number of nitrogens with one attached hydrogen (secondary N) is 1. The maximum atomic E-state index is 11.9. The van der Waals surface area contributed by atoms with Gasteiger partial charge in [0.05, 0.1) is 12.7 Å². The summed E-state index contributed by atoms with van der Waals surface area (Å²) in [5.74, 6) is 0.284. The molecule has 0 aliphatic carbocycles. The van der Waals surface area contributed by atoms with Gasteiger partial charge in [0.15, 0.2) is 0 Å². The van der Waals surface area contributed by atoms with Gasteiger partial charge in [-0.25, -0.2) is 0 Å². The molecule has 4 nitrogen and oxygen atoms in total. The second-order valence-corrected chi connectivity index (χ2v) is 5.16. The highest BCUT2D eigenvalue weighted by molar-refractivity contribution is 5.80. The van der Waals surface area contributed by atoms with Crippen molar-refractivity contribution in [3.8, 4) is 0 Å². The van der Waals surface area contributed by atoms with Gasteiger partial charge in [-0.1, -0.05) is 20.3 Å². The van der Waals surface area contributed by atoms with Crippen LogP contribution in [0.4, 0.5) is 0 Å². The fourth-order valence-corrected chi connectivity index (χ4v) is 3.10. The van der Waals surface area contributed by atoms with Crippen LogP contribution in [-0.2, 0) is 4.79 Å². The van der Waals surface area contributed by atoms with Crippen LogP contribution in [0.25, 0.3) is 0 Å². The minimum Gasteiger partial charge on any atom is -0.324 e. The van der Waals surface area contributed by atoms with Crippen molar-refractivity contribution in [2.24, 2.45) is 0 Å². The van der Waals surface area contributed by atoms with Crippen molar-refractivity contribution in [3.05, 3.63) is 0 Å². The Labute approximate surface area is 104 Å². The van der Waals surface area contributed by atoms with Crippen molar-refractivity contribution in [1.29, 1.82) is 0 Å². The van der Waals surface area contributed by atoms with Crippen LogP contribution in [0.2, 0.25) is 0 Å². The standard InChI is InChI=1S/C13H25N3O/c1-3-6-12-14-9-13(17)16(12)10-11-7-5-8-15(11)4-2/h11-12,14H,3-10H2,1-2H3. The van der Waals surface area contributed by atoms with Crippen LogP contribution >= 0.6 is 0 Å². The second-order valence-electron chi connectivity index (χ2n) is 5.16. The van der Waals surface area contributed by atoms with Gasteiger partial charge in [-0.3, -0.25) is 15.0 Å². The third-order valence-electron chi connectivity index (χ3n) is 4.06. The molecule has 2 saturated heterocycles. The molecule has 98 valence electrons. The highest BCUT2D eigenvalue weighted by atomic mass is 16.2. The Kier molecular flexibility index (Phi) is 4.40. The lowest BCUT2D eigenvalue weighted by Crippen LogP contribution is -2.45. The average molecular weight is 239 g/mol. The van der Waals surface area contributed by atoms with Gasteiger partial charge in [0.25, 0.3) is 0 Å². The summed E-state index contributed by atoms with van der Waals surface area (Å²) in [5, 5.41) is 3.32. The van der Waals surface area contributed by atoms with Gasteiger partial charge >= 0.3 is 0 Å². The molecule has 2 atom stereocenters. The van der Waals surface area contributed by atoms with Crippen LogP contribution in [0.3, 0.4) is 0 Å². The summed E-state index contributed by atoms with van der Waals surface area (Å²) in [4.78, 5) is 16.5. The highest BCUT2D eigenvalue weighted by Gasteiger charge is 2.34. The van der Waals surface area contributed by atoms with Crippen molar-refractivity contribution < 1.29 is 4.79 Å². The van der Waals surface area contributed by atoms with Crippen LogP contribution < -0.4 is 5.32 Å². The molecule has 0 aromatic carbocycles. The third kappa shape index (κ3) is 2.80. The second kappa shape index (κ2) is 5.83. The zero-order valence-corrected chi connectivity index (χ0v) is 11.1. The van der Waals surface area contributed by atoms with Crippen LogP contribution in [0.1, 0.15) is 39.5 Å². The van der Waals surface area contributed by atoms with Gasteiger partial charge in [-0.05, 0) is 32.4 Å². The Morgan fingerprint density at radius 2 is 2.24 bits per heavy atom. The van der Waals surface area contributed by atoms with Crippen molar-refractivity contribution >= 4 is 5.91 Å². The maximum absolute atomic E-state index is 11.9. The zero-order chi connectivity index (χ0) is 12.3. The van der Waals surface area contributed by atoms with E-state index in [1.807, 2.05) is 0 Å². The van der Waals surface area contributed by atoms with E-state index < -0.39 is 0 Å². The van der Waals surface area contributed by atoms with Gasteiger partial charge in [0.2, 0.25) is 5.91 Å². The van der Waals surface area contributed by atoms with Crippen molar-refractivity contribution in [1.82, 2.24) is 15.1 Å². The summed E-state index contributed by atoms with van der Waals surface area (Å²) in [5.41, 5.74) is 0. The van der Waals surface area contributed by atoms with Gasteiger partial charge in [-0.2, -0.15) is 0 Å². The molecule has 0 bridgehead atoms. The van der Waals surface area contributed by atoms with E-state index >= 15 is 0 Å². The number of carbonyl (C=O) groups is 1. The summed E-state index contributed by atoms with van der Waals surface area (Å²) >= 11 is 0. The minimum atomic E-state index is 0.284. The van der Waals surface area contributed by atoms with Gasteiger partial charge in [-0.15, -0.1) is 0 Å². The molecule has 2 heterocycles. The van der Waals surface area contributed by atoms with E-state index in [0.717, 1.165) is 25.9 Å². The molecule has 2 aliphatic rings. The third-order valence-corrected chi connectivity index (χ3v) is 4.06. The van der Waals surface area contributed by atoms with Gasteiger partial charge in [0, 0.05) is 12.6 Å². The molecule has 17 heavy (non-hydrogen) atoms. The molecule has 1 N–H and O–H groups in total. The number of hydrogen-bond acceptors (Lipinski definition) is 3. The molecule has 2 aliphatic heterocycles. The minimum absolute atomic E-state index is 0.284. The van der Waals surface area contributed by atoms with E-state index in [1.54, 1.807) is 0 Å². The Bertz CT molecular complexity index is 269. The van der Waals surface area contributed by atoms with Crippen molar-refractivity contribution in [2.75, 3.05) is 26.2 Å². The zero-order valence-electron chi connectivity index (χ0n) is 11.1. The van der Waals surface area contributed by atoms with Crippen LogP contribution in [0.5, 0.6) is 0 Å². The van der Waals surface area contributed by atoms with E-state index in [-0.39, 0.29) is 12.1 Å². The van der Waals surface area contributed by atoms with E-state index in [2.05, 4.69) is 29.0 Å². The van der Waals surface area contributed by atoms with E-state index in [1.165, 1.54) is 19.4 Å². The molecule has 1 amide bonds. The SMILES string of the molecule is CCCC1NCC(=O)N1CC1CCCN1CC. The first kappa shape index (κ1) is 12.8. The first-order chi connectivity index (χ1) is 8.26. The van der Waals surface area contributed by atoms with E-state index in [4.69, 9.17) is 0 Å². The molecule has 4 heteroatoms. The van der Waals surface area contributed by atoms with Crippen LogP contribution in [0.15, 0.2) is 0 Å². The van der Waals surface area contributed by atoms with Crippen molar-refractivity contribution in [2.45, 2.75) is 51.7 Å². The quantitative estimate of drug-likeness (QED) is 0.778. The largest absolute Gasteiger partial charge is 0.324 e. The molecule has 0 spiro atoms. The first-order valence-corrected chi connectivity index (χ1v) is 7.03. The number of nitrogens with zero attached hydrogens (tertiary/aromatic N) is 2. The number of amides is 1. The van der Waals surface area contributed by atoms with Gasteiger partial charge in [0.1, 0.15) is 0 Å². The Morgan fingerprint density at radius 3 is 2.94 bits per heavy atom.